The number of aliphatic hydroxyl groups excluding tert-OH is 2. The summed E-state index contributed by atoms with van der Waals surface area (Å²) in [5, 5.41) is 21.2. The molecule has 4 heterocycles. The van der Waals surface area contributed by atoms with E-state index in [-0.39, 0.29) is 27.7 Å². The number of nitrogens with zero attached hydrogens (tertiary/aromatic N) is 5. The second-order valence-corrected chi connectivity index (χ2v) is 15.0. The van der Waals surface area contributed by atoms with Gasteiger partial charge >= 0.3 is 15.2 Å². The molecule has 2 aromatic heterocycles. The lowest BCUT2D eigenvalue weighted by molar-refractivity contribution is -0.0483. The molecule has 1 aromatic carbocycles. The van der Waals surface area contributed by atoms with Crippen LogP contribution in [0.5, 0.6) is 0 Å². The van der Waals surface area contributed by atoms with Crippen LogP contribution in [0.3, 0.4) is 0 Å². The topological polar surface area (TPSA) is 201 Å². The quantitative estimate of drug-likeness (QED) is 0.188. The molecule has 1 saturated carbocycles. The van der Waals surface area contributed by atoms with Crippen molar-refractivity contribution in [2.45, 2.75) is 55.6 Å². The molecule has 2 unspecified atom stereocenters. The molecule has 1 saturated heterocycles. The zero-order valence-corrected chi connectivity index (χ0v) is 23.9. The lowest BCUT2D eigenvalue weighted by Crippen LogP contribution is -2.33. The van der Waals surface area contributed by atoms with Gasteiger partial charge in [0.1, 0.15) is 24.1 Å². The molecule has 6 rings (SSSR count). The van der Waals surface area contributed by atoms with Crippen LogP contribution in [0, 0.1) is 5.82 Å². The third-order valence-corrected chi connectivity index (χ3v) is 11.5. The van der Waals surface area contributed by atoms with Crippen molar-refractivity contribution in [1.29, 1.82) is 0 Å². The number of aliphatic hydroxyl groups is 2. The van der Waals surface area contributed by atoms with Crippen LogP contribution in [0.1, 0.15) is 37.5 Å². The number of hydrogen-bond donors (Lipinski definition) is 5. The lowest BCUT2D eigenvalue weighted by Gasteiger charge is -2.25. The van der Waals surface area contributed by atoms with E-state index >= 15 is 4.39 Å². The smallest absolute Gasteiger partial charge is 0.340 e. The van der Waals surface area contributed by atoms with Gasteiger partial charge in [0.05, 0.1) is 12.9 Å². The van der Waals surface area contributed by atoms with Gasteiger partial charge in [0, 0.05) is 23.2 Å². The summed E-state index contributed by atoms with van der Waals surface area (Å²) in [6.07, 6.45) is -0.873. The summed E-state index contributed by atoms with van der Waals surface area (Å²) in [5.74, 6) is -1.36. The van der Waals surface area contributed by atoms with Crippen molar-refractivity contribution in [2.75, 3.05) is 24.0 Å². The Labute approximate surface area is 237 Å². The summed E-state index contributed by atoms with van der Waals surface area (Å²) in [4.78, 5) is 42.7. The van der Waals surface area contributed by atoms with Crippen molar-refractivity contribution in [1.82, 2.24) is 19.5 Å². The Morgan fingerprint density at radius 3 is 2.59 bits per heavy atom. The predicted octanol–water partition coefficient (Wildman–Crippen LogP) is 2.54. The average molecular weight is 634 g/mol. The third-order valence-electron chi connectivity index (χ3n) is 7.88. The van der Waals surface area contributed by atoms with Crippen molar-refractivity contribution >= 4 is 49.5 Å². The van der Waals surface area contributed by atoms with Crippen LogP contribution in [0.2, 0.25) is 5.28 Å². The molecule has 2 aliphatic heterocycles. The van der Waals surface area contributed by atoms with Crippen LogP contribution < -0.4 is 4.90 Å². The molecule has 3 aliphatic rings. The molecule has 3 aromatic rings. The summed E-state index contributed by atoms with van der Waals surface area (Å²) in [7, 11) is -9.59. The van der Waals surface area contributed by atoms with Gasteiger partial charge in [-0.25, -0.2) is 9.37 Å². The predicted molar refractivity (Wildman–Crippen MR) is 142 cm³/mol. The number of fused-ring (bicyclic) bond motifs is 3. The fraction of sp³-hybridized carbons (Fsp3) is 0.522. The highest BCUT2D eigenvalue weighted by Gasteiger charge is 2.49. The van der Waals surface area contributed by atoms with Crippen LogP contribution in [0.4, 0.5) is 15.9 Å². The number of imidazole rings is 1. The van der Waals surface area contributed by atoms with Crippen molar-refractivity contribution in [3.8, 4) is 0 Å². The van der Waals surface area contributed by atoms with E-state index in [1.54, 1.807) is 6.07 Å². The molecule has 14 nitrogen and oxygen atoms in total. The minimum atomic E-state index is -4.86. The Bertz CT molecular complexity index is 1600. The molecule has 0 bridgehead atoms. The summed E-state index contributed by atoms with van der Waals surface area (Å²) in [6, 6.07) is 4.90. The average Bonchev–Trinajstić information content (AvgIpc) is 3.64. The largest absolute Gasteiger partial charge is 0.387 e. The lowest BCUT2D eigenvalue weighted by atomic mass is 9.80. The van der Waals surface area contributed by atoms with Gasteiger partial charge in [-0.05, 0) is 36.6 Å². The molecular weight excluding hydrogens is 607 g/mol. The minimum absolute atomic E-state index is 0.147. The molecule has 0 amide bonds. The number of rotatable bonds is 7. The van der Waals surface area contributed by atoms with Gasteiger partial charge in [0.25, 0.3) is 0 Å². The van der Waals surface area contributed by atoms with E-state index in [2.05, 4.69) is 15.0 Å². The first-order valence-electron chi connectivity index (χ1n) is 12.8. The fourth-order valence-electron chi connectivity index (χ4n) is 6.19. The van der Waals surface area contributed by atoms with Gasteiger partial charge in [0.2, 0.25) is 5.28 Å². The SMILES string of the molecule is O=P(O)(O)CP(=O)(O)OC[C@H]1O[C@@H](n2cnc3c(N4CC5(CCCC5)c5c(F)cccc54)nc(Cl)nc32)C(O)[C@H]1O. The van der Waals surface area contributed by atoms with E-state index in [1.165, 1.54) is 17.0 Å². The highest BCUT2D eigenvalue weighted by molar-refractivity contribution is 7.70. The first-order chi connectivity index (χ1) is 19.3. The van der Waals surface area contributed by atoms with Gasteiger partial charge in [-0.1, -0.05) is 18.9 Å². The third kappa shape index (κ3) is 5.22. The normalized spacial score (nSPS) is 27.1. The molecule has 41 heavy (non-hydrogen) atoms. The zero-order valence-electron chi connectivity index (χ0n) is 21.3. The summed E-state index contributed by atoms with van der Waals surface area (Å²) in [6.45, 7) is -0.274. The molecule has 0 radical (unpaired) electrons. The standard InChI is InChI=1S/C23H27ClFN5O9P2/c24-22-27-19(29-9-23(6-1-2-7-23)15-12(25)4-3-5-13(15)29)16-20(28-22)30(10-26-16)21-18(32)17(31)14(39-21)8-38-41(36,37)11-40(33,34)35/h3-5,10,14,17-18,21,31-32H,1-2,6-9,11H2,(H,36,37)(H2,33,34,35)/t14-,17+,18?,21-/m1/s1. The van der Waals surface area contributed by atoms with Crippen molar-refractivity contribution < 1.29 is 47.7 Å². The van der Waals surface area contributed by atoms with Gasteiger partial charge in [-0.2, -0.15) is 9.97 Å². The van der Waals surface area contributed by atoms with E-state index < -0.39 is 52.2 Å². The monoisotopic (exact) mass is 633 g/mol. The van der Waals surface area contributed by atoms with Gasteiger partial charge in [0.15, 0.2) is 29.1 Å². The van der Waals surface area contributed by atoms with Crippen LogP contribution >= 0.6 is 26.8 Å². The number of aromatic nitrogens is 4. The van der Waals surface area contributed by atoms with E-state index in [1.807, 2.05) is 11.0 Å². The first kappa shape index (κ1) is 29.1. The minimum Gasteiger partial charge on any atom is -0.387 e. The molecule has 222 valence electrons. The molecule has 18 heteroatoms. The zero-order chi connectivity index (χ0) is 29.3. The van der Waals surface area contributed by atoms with E-state index in [9.17, 15) is 24.2 Å². The maximum Gasteiger partial charge on any atom is 0.340 e. The fourth-order valence-corrected chi connectivity index (χ4v) is 8.92. The number of halogens is 2. The van der Waals surface area contributed by atoms with Crippen LogP contribution in [-0.2, 0) is 23.8 Å². The number of ether oxygens (including phenoxy) is 1. The van der Waals surface area contributed by atoms with Crippen LogP contribution in [0.15, 0.2) is 24.5 Å². The number of benzene rings is 1. The molecule has 5 N–H and O–H groups in total. The first-order valence-corrected chi connectivity index (χ1v) is 16.7. The summed E-state index contributed by atoms with van der Waals surface area (Å²) >= 11 is 6.33. The highest BCUT2D eigenvalue weighted by atomic mass is 35.5. The van der Waals surface area contributed by atoms with Gasteiger partial charge in [-0.3, -0.25) is 13.7 Å². The van der Waals surface area contributed by atoms with E-state index in [0.29, 0.717) is 23.6 Å². The molecule has 1 spiro atoms. The Kier molecular flexibility index (Phi) is 7.30. The Morgan fingerprint density at radius 2 is 1.88 bits per heavy atom. The van der Waals surface area contributed by atoms with Crippen molar-refractivity contribution in [3.05, 3.63) is 41.2 Å². The second kappa shape index (κ2) is 10.3. The van der Waals surface area contributed by atoms with E-state index in [0.717, 1.165) is 25.7 Å². The van der Waals surface area contributed by atoms with Gasteiger partial charge in [-0.15, -0.1) is 0 Å². The van der Waals surface area contributed by atoms with E-state index in [4.69, 9.17) is 30.6 Å². The van der Waals surface area contributed by atoms with Crippen LogP contribution in [0.25, 0.3) is 11.2 Å². The highest BCUT2D eigenvalue weighted by Crippen LogP contribution is 2.56. The molecule has 1 aliphatic carbocycles. The number of hydrogen-bond acceptors (Lipinski definition) is 10. The molecule has 2 fully saturated rings. The van der Waals surface area contributed by atoms with Crippen molar-refractivity contribution in [2.24, 2.45) is 0 Å². The maximum atomic E-state index is 15.2. The second-order valence-electron chi connectivity index (χ2n) is 10.6. The van der Waals surface area contributed by atoms with Crippen LogP contribution in [-0.4, -0.2) is 81.8 Å². The Balaban J connectivity index is 1.31. The summed E-state index contributed by atoms with van der Waals surface area (Å²) < 4.78 is 50.1. The Hall–Kier alpha value is -2.03. The molecule has 5 atom stereocenters. The van der Waals surface area contributed by atoms with Gasteiger partial charge < -0.3 is 39.1 Å². The number of anilines is 2. The Morgan fingerprint density at radius 1 is 1.15 bits per heavy atom. The summed E-state index contributed by atoms with van der Waals surface area (Å²) in [5.41, 5.74) is 1.36. The molecular formula is C23H27ClFN5O9P2. The maximum absolute atomic E-state index is 15.2. The van der Waals surface area contributed by atoms with Crippen molar-refractivity contribution in [3.63, 3.8) is 0 Å².